The molecule has 0 saturated heterocycles. The zero-order valence-corrected chi connectivity index (χ0v) is 21.4. The summed E-state index contributed by atoms with van der Waals surface area (Å²) in [6.07, 6.45) is 14.5. The number of allylic oxidation sites excluding steroid dienone is 2. The zero-order valence-electron chi connectivity index (χ0n) is 20.6. The quantitative estimate of drug-likeness (QED) is 0.251. The summed E-state index contributed by atoms with van der Waals surface area (Å²) in [5.41, 5.74) is 6.40. The van der Waals surface area contributed by atoms with Crippen LogP contribution in [-0.2, 0) is 18.4 Å². The Hall–Kier alpha value is -2.51. The van der Waals surface area contributed by atoms with E-state index in [1.807, 2.05) is 0 Å². The Morgan fingerprint density at radius 2 is 1.63 bits per heavy atom. The molecule has 0 spiro atoms. The van der Waals surface area contributed by atoms with Gasteiger partial charge in [-0.05, 0) is 116 Å². The van der Waals surface area contributed by atoms with Crippen molar-refractivity contribution in [3.8, 4) is 0 Å². The molecular formula is C33H34ClN. The van der Waals surface area contributed by atoms with Gasteiger partial charge in [-0.15, -0.1) is 0 Å². The standard InChI is InChI=1S/C33H34ClN/c1-2-35-30-8-4-3-7-28(30)29-17-23(9-14-31(29)35)6-5-15-32-18-24-16-25(19-32)21-33(20-24,22-32)26-10-12-27(34)13-11-26/h3-5,7-15,17,24-25H,2,6,16,18-22H2,1H3. The molecule has 4 aliphatic carbocycles. The monoisotopic (exact) mass is 479 g/mol. The topological polar surface area (TPSA) is 4.93 Å². The van der Waals surface area contributed by atoms with Gasteiger partial charge >= 0.3 is 0 Å². The first kappa shape index (κ1) is 21.7. The molecular weight excluding hydrogens is 446 g/mol. The molecule has 1 nitrogen and oxygen atoms in total. The molecule has 178 valence electrons. The molecule has 4 aliphatic rings. The third-order valence-electron chi connectivity index (χ3n) is 9.54. The average Bonchev–Trinajstić information content (AvgIpc) is 3.16. The maximum Gasteiger partial charge on any atom is 0.0491 e. The Balaban J connectivity index is 1.18. The maximum atomic E-state index is 6.24. The van der Waals surface area contributed by atoms with E-state index in [1.54, 1.807) is 0 Å². The normalized spacial score (nSPS) is 29.7. The molecule has 1 heterocycles. The zero-order chi connectivity index (χ0) is 23.6. The van der Waals surface area contributed by atoms with E-state index in [2.05, 4.69) is 90.4 Å². The number of halogens is 1. The van der Waals surface area contributed by atoms with Gasteiger partial charge in [0.25, 0.3) is 0 Å². The maximum absolute atomic E-state index is 6.24. The molecule has 4 aromatic rings. The SMILES string of the molecule is CCn1c2ccccc2c2cc(CC=CC34CC5CC(C3)CC(c3ccc(Cl)cc3)(C5)C4)ccc21. The highest BCUT2D eigenvalue weighted by Crippen LogP contribution is 2.66. The lowest BCUT2D eigenvalue weighted by Crippen LogP contribution is -2.53. The van der Waals surface area contributed by atoms with Gasteiger partial charge in [0.15, 0.2) is 0 Å². The van der Waals surface area contributed by atoms with Gasteiger partial charge < -0.3 is 4.57 Å². The van der Waals surface area contributed by atoms with E-state index in [4.69, 9.17) is 11.6 Å². The van der Waals surface area contributed by atoms with Crippen LogP contribution in [0.4, 0.5) is 0 Å². The van der Waals surface area contributed by atoms with Gasteiger partial charge in [-0.25, -0.2) is 0 Å². The second-order valence-electron chi connectivity index (χ2n) is 11.8. The van der Waals surface area contributed by atoms with Crippen molar-refractivity contribution >= 4 is 33.4 Å². The van der Waals surface area contributed by atoms with Gasteiger partial charge in [0.1, 0.15) is 0 Å². The average molecular weight is 480 g/mol. The summed E-state index contributed by atoms with van der Waals surface area (Å²) in [7, 11) is 0. The van der Waals surface area contributed by atoms with Crippen molar-refractivity contribution in [1.82, 2.24) is 4.57 Å². The fourth-order valence-electron chi connectivity index (χ4n) is 8.68. The second-order valence-corrected chi connectivity index (χ2v) is 12.3. The number of benzene rings is 3. The molecule has 2 unspecified atom stereocenters. The lowest BCUT2D eigenvalue weighted by Gasteiger charge is -2.62. The summed E-state index contributed by atoms with van der Waals surface area (Å²) < 4.78 is 2.44. The fourth-order valence-corrected chi connectivity index (χ4v) is 8.81. The number of rotatable bonds is 5. The summed E-state index contributed by atoms with van der Waals surface area (Å²) in [4.78, 5) is 0. The van der Waals surface area contributed by atoms with Crippen molar-refractivity contribution in [3.05, 3.63) is 95.0 Å². The Morgan fingerprint density at radius 1 is 0.886 bits per heavy atom. The van der Waals surface area contributed by atoms with Gasteiger partial charge in [0.2, 0.25) is 0 Å². The van der Waals surface area contributed by atoms with Crippen molar-refractivity contribution in [3.63, 3.8) is 0 Å². The highest BCUT2D eigenvalue weighted by Gasteiger charge is 2.57. The van der Waals surface area contributed by atoms with Crippen molar-refractivity contribution in [2.24, 2.45) is 17.3 Å². The fraction of sp³-hybridized carbons (Fsp3) is 0.394. The van der Waals surface area contributed by atoms with Crippen LogP contribution in [0.1, 0.15) is 56.6 Å². The van der Waals surface area contributed by atoms with Crippen LogP contribution in [0.15, 0.2) is 78.9 Å². The molecule has 0 N–H and O–H groups in total. The highest BCUT2D eigenvalue weighted by molar-refractivity contribution is 6.30. The van der Waals surface area contributed by atoms with Crippen LogP contribution in [0.3, 0.4) is 0 Å². The molecule has 0 aliphatic heterocycles. The Morgan fingerprint density at radius 3 is 2.40 bits per heavy atom. The predicted octanol–water partition coefficient (Wildman–Crippen LogP) is 9.10. The smallest absolute Gasteiger partial charge is 0.0491 e. The van der Waals surface area contributed by atoms with Crippen LogP contribution in [0, 0.1) is 17.3 Å². The van der Waals surface area contributed by atoms with Gasteiger partial charge in [-0.3, -0.25) is 0 Å². The number of aryl methyl sites for hydroxylation is 1. The molecule has 2 heteroatoms. The van der Waals surface area contributed by atoms with Crippen LogP contribution in [0.5, 0.6) is 0 Å². The van der Waals surface area contributed by atoms with Crippen molar-refractivity contribution in [2.75, 3.05) is 0 Å². The second kappa shape index (κ2) is 8.00. The summed E-state index contributed by atoms with van der Waals surface area (Å²) in [5, 5.41) is 3.62. The molecule has 1 aromatic heterocycles. The van der Waals surface area contributed by atoms with Crippen molar-refractivity contribution in [2.45, 2.75) is 63.8 Å². The molecule has 4 bridgehead atoms. The number of hydrogen-bond donors (Lipinski definition) is 0. The minimum absolute atomic E-state index is 0.361. The van der Waals surface area contributed by atoms with Crippen LogP contribution in [0.25, 0.3) is 21.8 Å². The molecule has 4 fully saturated rings. The Bertz CT molecular complexity index is 1430. The van der Waals surface area contributed by atoms with E-state index >= 15 is 0 Å². The lowest BCUT2D eigenvalue weighted by molar-refractivity contribution is -0.0456. The van der Waals surface area contributed by atoms with E-state index in [1.165, 1.54) is 71.5 Å². The summed E-state index contributed by atoms with van der Waals surface area (Å²) in [6, 6.07) is 24.8. The summed E-state index contributed by atoms with van der Waals surface area (Å²) in [6.45, 7) is 3.24. The molecule has 4 saturated carbocycles. The van der Waals surface area contributed by atoms with E-state index < -0.39 is 0 Å². The first-order valence-corrected chi connectivity index (χ1v) is 13.9. The minimum atomic E-state index is 0.361. The number of nitrogens with zero attached hydrogens (tertiary/aromatic N) is 1. The number of aromatic nitrogens is 1. The van der Waals surface area contributed by atoms with E-state index in [0.717, 1.165) is 29.8 Å². The van der Waals surface area contributed by atoms with E-state index in [-0.39, 0.29) is 0 Å². The third kappa shape index (κ3) is 3.50. The van der Waals surface area contributed by atoms with Gasteiger partial charge in [0.05, 0.1) is 0 Å². The van der Waals surface area contributed by atoms with E-state index in [0.29, 0.717) is 10.8 Å². The molecule has 2 atom stereocenters. The van der Waals surface area contributed by atoms with Crippen LogP contribution < -0.4 is 0 Å². The van der Waals surface area contributed by atoms with Crippen LogP contribution >= 0.6 is 11.6 Å². The Kier molecular flexibility index (Phi) is 4.97. The largest absolute Gasteiger partial charge is 0.341 e. The summed E-state index contributed by atoms with van der Waals surface area (Å²) >= 11 is 6.24. The van der Waals surface area contributed by atoms with Crippen molar-refractivity contribution < 1.29 is 0 Å². The van der Waals surface area contributed by atoms with Gasteiger partial charge in [0, 0.05) is 33.4 Å². The molecule has 0 radical (unpaired) electrons. The third-order valence-corrected chi connectivity index (χ3v) is 9.79. The number of hydrogen-bond acceptors (Lipinski definition) is 0. The first-order chi connectivity index (χ1) is 17.1. The predicted molar refractivity (Wildman–Crippen MR) is 148 cm³/mol. The van der Waals surface area contributed by atoms with Crippen molar-refractivity contribution in [1.29, 1.82) is 0 Å². The summed E-state index contributed by atoms with van der Waals surface area (Å²) in [5.74, 6) is 1.77. The van der Waals surface area contributed by atoms with E-state index in [9.17, 15) is 0 Å². The van der Waals surface area contributed by atoms with Crippen LogP contribution in [0.2, 0.25) is 5.02 Å². The molecule has 0 amide bonds. The van der Waals surface area contributed by atoms with Crippen LogP contribution in [-0.4, -0.2) is 4.57 Å². The van der Waals surface area contributed by atoms with Gasteiger partial charge in [-0.1, -0.05) is 60.2 Å². The molecule has 3 aromatic carbocycles. The van der Waals surface area contributed by atoms with Gasteiger partial charge in [-0.2, -0.15) is 0 Å². The lowest BCUT2D eigenvalue weighted by atomic mass is 9.43. The number of para-hydroxylation sites is 1. The highest BCUT2D eigenvalue weighted by atomic mass is 35.5. The molecule has 8 rings (SSSR count). The number of fused-ring (bicyclic) bond motifs is 3. The molecule has 35 heavy (non-hydrogen) atoms. The Labute approximate surface area is 213 Å². The minimum Gasteiger partial charge on any atom is -0.341 e. The first-order valence-electron chi connectivity index (χ1n) is 13.5.